The molecule has 0 heterocycles. The number of ether oxygens (including phenoxy) is 1. The van der Waals surface area contributed by atoms with Crippen molar-refractivity contribution in [2.24, 2.45) is 5.41 Å². The zero-order chi connectivity index (χ0) is 14.0. The van der Waals surface area contributed by atoms with Crippen LogP contribution in [0, 0.1) is 5.41 Å². The van der Waals surface area contributed by atoms with E-state index in [0.29, 0.717) is 5.92 Å². The van der Waals surface area contributed by atoms with Gasteiger partial charge >= 0.3 is 0 Å². The van der Waals surface area contributed by atoms with Crippen LogP contribution in [0.25, 0.3) is 0 Å². The molecule has 2 heteroatoms. The van der Waals surface area contributed by atoms with E-state index in [1.54, 1.807) is 0 Å². The molecule has 19 heavy (non-hydrogen) atoms. The van der Waals surface area contributed by atoms with Crippen molar-refractivity contribution in [3.63, 3.8) is 0 Å². The van der Waals surface area contributed by atoms with Crippen LogP contribution in [0.4, 0.5) is 0 Å². The van der Waals surface area contributed by atoms with Crippen LogP contribution in [-0.4, -0.2) is 11.5 Å². The maximum atomic E-state index is 6.32. The van der Waals surface area contributed by atoms with Gasteiger partial charge in [-0.1, -0.05) is 39.8 Å². The Labute approximate surface area is 122 Å². The number of hydrogen-bond donors (Lipinski definition) is 0. The van der Waals surface area contributed by atoms with Gasteiger partial charge in [-0.2, -0.15) is 0 Å². The summed E-state index contributed by atoms with van der Waals surface area (Å²) < 4.78 is 6.11. The molecular formula is C17H25ClO. The summed E-state index contributed by atoms with van der Waals surface area (Å²) in [7, 11) is 0. The lowest BCUT2D eigenvalue weighted by Gasteiger charge is -2.50. The summed E-state index contributed by atoms with van der Waals surface area (Å²) in [5.41, 5.74) is 1.51. The van der Waals surface area contributed by atoms with Crippen LogP contribution >= 0.6 is 11.6 Å². The van der Waals surface area contributed by atoms with Crippen molar-refractivity contribution in [2.75, 3.05) is 0 Å². The number of benzene rings is 1. The van der Waals surface area contributed by atoms with Gasteiger partial charge in [0.2, 0.25) is 0 Å². The van der Waals surface area contributed by atoms with Gasteiger partial charge in [-0.3, -0.25) is 0 Å². The highest BCUT2D eigenvalue weighted by Crippen LogP contribution is 2.49. The summed E-state index contributed by atoms with van der Waals surface area (Å²) in [6.45, 7) is 8.90. The van der Waals surface area contributed by atoms with E-state index in [-0.39, 0.29) is 16.9 Å². The Morgan fingerprint density at radius 1 is 1.32 bits per heavy atom. The van der Waals surface area contributed by atoms with Crippen molar-refractivity contribution in [1.82, 2.24) is 0 Å². The van der Waals surface area contributed by atoms with Crippen LogP contribution in [-0.2, 0) is 0 Å². The second kappa shape index (κ2) is 5.75. The molecular weight excluding hydrogens is 256 g/mol. The maximum absolute atomic E-state index is 6.32. The minimum absolute atomic E-state index is 0.122. The van der Waals surface area contributed by atoms with Gasteiger partial charge in [0.05, 0.1) is 0 Å². The van der Waals surface area contributed by atoms with E-state index in [0.717, 1.165) is 18.6 Å². The van der Waals surface area contributed by atoms with Gasteiger partial charge in [0.1, 0.15) is 11.9 Å². The minimum Gasteiger partial charge on any atom is -0.490 e. The summed E-state index contributed by atoms with van der Waals surface area (Å²) >= 11 is 6.32. The van der Waals surface area contributed by atoms with Crippen molar-refractivity contribution < 1.29 is 4.74 Å². The van der Waals surface area contributed by atoms with Crippen LogP contribution in [0.2, 0.25) is 0 Å². The molecule has 0 N–H and O–H groups in total. The summed E-state index contributed by atoms with van der Waals surface area (Å²) in [5, 5.41) is 0.252. The molecule has 4 atom stereocenters. The fourth-order valence-electron chi connectivity index (χ4n) is 2.67. The highest BCUT2D eigenvalue weighted by atomic mass is 35.5. The van der Waals surface area contributed by atoms with Crippen molar-refractivity contribution in [2.45, 2.75) is 64.4 Å². The van der Waals surface area contributed by atoms with Gasteiger partial charge < -0.3 is 4.74 Å². The lowest BCUT2D eigenvalue weighted by Crippen LogP contribution is -2.55. The molecule has 0 saturated heterocycles. The molecule has 1 fully saturated rings. The third kappa shape index (κ3) is 2.76. The van der Waals surface area contributed by atoms with Crippen molar-refractivity contribution >= 4 is 11.6 Å². The average molecular weight is 281 g/mol. The SMILES string of the molecule is CCC(C)c1ccc(OC2CC(Cl)C2(C)CC)cc1. The molecule has 1 aromatic rings. The second-order valence-electron chi connectivity index (χ2n) is 6.05. The predicted octanol–water partition coefficient (Wildman–Crippen LogP) is 5.37. The first-order chi connectivity index (χ1) is 9.01. The number of alkyl halides is 1. The van der Waals surface area contributed by atoms with Crippen LogP contribution in [0.5, 0.6) is 5.75 Å². The maximum Gasteiger partial charge on any atom is 0.119 e. The van der Waals surface area contributed by atoms with Gasteiger partial charge in [-0.25, -0.2) is 0 Å². The zero-order valence-electron chi connectivity index (χ0n) is 12.4. The molecule has 0 aromatic heterocycles. The van der Waals surface area contributed by atoms with Crippen molar-refractivity contribution in [3.05, 3.63) is 29.8 Å². The molecule has 1 aliphatic carbocycles. The first kappa shape index (κ1) is 14.7. The normalized spacial score (nSPS) is 31.6. The Morgan fingerprint density at radius 3 is 2.42 bits per heavy atom. The Hall–Kier alpha value is -0.690. The van der Waals surface area contributed by atoms with Crippen LogP contribution in [0.3, 0.4) is 0 Å². The molecule has 2 rings (SSSR count). The van der Waals surface area contributed by atoms with Crippen molar-refractivity contribution in [3.8, 4) is 5.75 Å². The Balaban J connectivity index is 2.01. The molecule has 106 valence electrons. The van der Waals surface area contributed by atoms with Gasteiger partial charge in [-0.05, 0) is 36.5 Å². The van der Waals surface area contributed by atoms with Crippen LogP contribution < -0.4 is 4.74 Å². The summed E-state index contributed by atoms with van der Waals surface area (Å²) in [4.78, 5) is 0. The molecule has 4 unspecified atom stereocenters. The second-order valence-corrected chi connectivity index (χ2v) is 6.57. The third-order valence-corrected chi connectivity index (χ3v) is 5.65. The number of hydrogen-bond acceptors (Lipinski definition) is 1. The lowest BCUT2D eigenvalue weighted by molar-refractivity contribution is -0.0294. The monoisotopic (exact) mass is 280 g/mol. The Bertz CT molecular complexity index is 414. The first-order valence-corrected chi connectivity index (χ1v) is 7.85. The lowest BCUT2D eigenvalue weighted by atomic mass is 9.65. The van der Waals surface area contributed by atoms with E-state index in [1.165, 1.54) is 12.0 Å². The molecule has 0 aliphatic heterocycles. The quantitative estimate of drug-likeness (QED) is 0.659. The van der Waals surface area contributed by atoms with E-state index >= 15 is 0 Å². The first-order valence-electron chi connectivity index (χ1n) is 7.42. The molecule has 0 amide bonds. The standard InChI is InChI=1S/C17H25ClO/c1-5-12(3)13-7-9-14(10-8-13)19-16-11-15(18)17(16,4)6-2/h7-10,12,15-16H,5-6,11H2,1-4H3. The molecule has 1 nitrogen and oxygen atoms in total. The molecule has 0 radical (unpaired) electrons. The van der Waals surface area contributed by atoms with Gasteiger partial charge in [0.25, 0.3) is 0 Å². The fraction of sp³-hybridized carbons (Fsp3) is 0.647. The molecule has 1 saturated carbocycles. The van der Waals surface area contributed by atoms with E-state index in [2.05, 4.69) is 52.0 Å². The number of rotatable bonds is 5. The third-order valence-electron chi connectivity index (χ3n) is 4.97. The van der Waals surface area contributed by atoms with E-state index in [1.807, 2.05) is 0 Å². The van der Waals surface area contributed by atoms with Gasteiger partial charge in [-0.15, -0.1) is 11.6 Å². The van der Waals surface area contributed by atoms with Gasteiger partial charge in [0.15, 0.2) is 0 Å². The Kier molecular flexibility index (Phi) is 4.45. The summed E-state index contributed by atoms with van der Waals surface area (Å²) in [6, 6.07) is 8.56. The van der Waals surface area contributed by atoms with E-state index < -0.39 is 0 Å². The zero-order valence-corrected chi connectivity index (χ0v) is 13.2. The van der Waals surface area contributed by atoms with E-state index in [4.69, 9.17) is 16.3 Å². The molecule has 0 spiro atoms. The smallest absolute Gasteiger partial charge is 0.119 e. The minimum atomic E-state index is 0.122. The molecule has 1 aromatic carbocycles. The van der Waals surface area contributed by atoms with E-state index in [9.17, 15) is 0 Å². The van der Waals surface area contributed by atoms with Gasteiger partial charge in [0, 0.05) is 17.2 Å². The summed E-state index contributed by atoms with van der Waals surface area (Å²) in [6.07, 6.45) is 3.45. The Morgan fingerprint density at radius 2 is 1.95 bits per heavy atom. The number of halogens is 1. The molecule has 1 aliphatic rings. The van der Waals surface area contributed by atoms with Crippen LogP contribution in [0.15, 0.2) is 24.3 Å². The van der Waals surface area contributed by atoms with Crippen LogP contribution in [0.1, 0.15) is 58.4 Å². The average Bonchev–Trinajstić information content (AvgIpc) is 2.45. The topological polar surface area (TPSA) is 9.23 Å². The molecule has 0 bridgehead atoms. The largest absolute Gasteiger partial charge is 0.490 e. The highest BCUT2D eigenvalue weighted by molar-refractivity contribution is 6.21. The van der Waals surface area contributed by atoms with Crippen molar-refractivity contribution in [1.29, 1.82) is 0 Å². The highest BCUT2D eigenvalue weighted by Gasteiger charge is 2.51. The predicted molar refractivity (Wildman–Crippen MR) is 82.2 cm³/mol. The fourth-order valence-corrected chi connectivity index (χ4v) is 3.13. The summed E-state index contributed by atoms with van der Waals surface area (Å²) in [5.74, 6) is 1.59.